The molecule has 3 rings (SSSR count). The van der Waals surface area contributed by atoms with Gasteiger partial charge in [-0.2, -0.15) is 0 Å². The van der Waals surface area contributed by atoms with Gasteiger partial charge in [0.15, 0.2) is 13.2 Å². The molecule has 0 aliphatic rings. The van der Waals surface area contributed by atoms with Gasteiger partial charge in [0, 0.05) is 9.90 Å². The standard InChI is InChI=1S/C21H18ClNO4S/c22-16-8-10-17(11-9-16)26-14-20(25)27-13-19(24)23-21(18-7-4-12-28-18)15-5-2-1-3-6-15/h1-12,21H,13-14H2,(H,23,24)/t21-/m1/s1. The second-order valence-corrected chi connectivity index (χ2v) is 7.25. The Balaban J connectivity index is 1.50. The van der Waals surface area contributed by atoms with E-state index in [1.54, 1.807) is 35.6 Å². The topological polar surface area (TPSA) is 64.6 Å². The van der Waals surface area contributed by atoms with Gasteiger partial charge in [0.1, 0.15) is 5.75 Å². The Hall–Kier alpha value is -2.83. The minimum atomic E-state index is -0.627. The van der Waals surface area contributed by atoms with E-state index in [4.69, 9.17) is 21.1 Å². The molecule has 0 aliphatic carbocycles. The van der Waals surface area contributed by atoms with Crippen LogP contribution < -0.4 is 10.1 Å². The fraction of sp³-hybridized carbons (Fsp3) is 0.143. The largest absolute Gasteiger partial charge is 0.482 e. The SMILES string of the molecule is O=C(COC(=O)COc1ccc(Cl)cc1)N[C@H](c1ccccc1)c1cccs1. The number of esters is 1. The number of thiophene rings is 1. The normalized spacial score (nSPS) is 11.5. The fourth-order valence-corrected chi connectivity index (χ4v) is 3.41. The van der Waals surface area contributed by atoms with Crippen LogP contribution >= 0.6 is 22.9 Å². The van der Waals surface area contributed by atoms with Crippen LogP contribution in [0.2, 0.25) is 5.02 Å². The van der Waals surface area contributed by atoms with Crippen molar-refractivity contribution < 1.29 is 19.1 Å². The van der Waals surface area contributed by atoms with Crippen LogP contribution in [0.1, 0.15) is 16.5 Å². The molecule has 0 saturated heterocycles. The second kappa shape index (κ2) is 9.92. The van der Waals surface area contributed by atoms with Gasteiger partial charge >= 0.3 is 5.97 Å². The predicted molar refractivity (Wildman–Crippen MR) is 109 cm³/mol. The first-order valence-corrected chi connectivity index (χ1v) is 9.79. The summed E-state index contributed by atoms with van der Waals surface area (Å²) in [4.78, 5) is 25.1. The number of hydrogen-bond donors (Lipinski definition) is 1. The van der Waals surface area contributed by atoms with E-state index in [1.165, 1.54) is 0 Å². The van der Waals surface area contributed by atoms with E-state index in [0.29, 0.717) is 10.8 Å². The second-order valence-electron chi connectivity index (χ2n) is 5.83. The van der Waals surface area contributed by atoms with Crippen LogP contribution in [0.15, 0.2) is 72.1 Å². The van der Waals surface area contributed by atoms with Gasteiger partial charge in [0.2, 0.25) is 0 Å². The Morgan fingerprint density at radius 3 is 2.39 bits per heavy atom. The fourth-order valence-electron chi connectivity index (χ4n) is 2.48. The van der Waals surface area contributed by atoms with E-state index in [2.05, 4.69) is 5.32 Å². The van der Waals surface area contributed by atoms with Gasteiger partial charge in [0.25, 0.3) is 5.91 Å². The van der Waals surface area contributed by atoms with Crippen molar-refractivity contribution >= 4 is 34.8 Å². The third-order valence-corrected chi connectivity index (χ3v) is 4.99. The van der Waals surface area contributed by atoms with Crippen molar-refractivity contribution in [2.45, 2.75) is 6.04 Å². The summed E-state index contributed by atoms with van der Waals surface area (Å²) in [5, 5.41) is 5.43. The van der Waals surface area contributed by atoms with Gasteiger partial charge in [-0.3, -0.25) is 4.79 Å². The van der Waals surface area contributed by atoms with E-state index in [1.807, 2.05) is 47.8 Å². The number of ether oxygens (including phenoxy) is 2. The van der Waals surface area contributed by atoms with Crippen LogP contribution in [0.5, 0.6) is 5.75 Å². The smallest absolute Gasteiger partial charge is 0.344 e. The van der Waals surface area contributed by atoms with Crippen LogP contribution in [0.3, 0.4) is 0 Å². The maximum Gasteiger partial charge on any atom is 0.344 e. The first-order chi connectivity index (χ1) is 13.6. The summed E-state index contributed by atoms with van der Waals surface area (Å²) >= 11 is 7.34. The number of hydrogen-bond acceptors (Lipinski definition) is 5. The summed E-state index contributed by atoms with van der Waals surface area (Å²) in [6, 6.07) is 19.8. The Labute approximate surface area is 171 Å². The molecule has 2 aromatic carbocycles. The van der Waals surface area contributed by atoms with Crippen LogP contribution in [0.25, 0.3) is 0 Å². The van der Waals surface area contributed by atoms with Crippen LogP contribution in [-0.2, 0) is 14.3 Å². The molecule has 1 atom stereocenters. The summed E-state index contributed by atoms with van der Waals surface area (Å²) in [6.45, 7) is -0.667. The Bertz CT molecular complexity index is 898. The van der Waals surface area contributed by atoms with E-state index >= 15 is 0 Å². The molecule has 0 aliphatic heterocycles. The maximum absolute atomic E-state index is 12.3. The molecule has 3 aromatic rings. The zero-order chi connectivity index (χ0) is 19.8. The number of benzene rings is 2. The number of amides is 1. The first kappa shape index (κ1) is 19.9. The number of carbonyl (C=O) groups is 2. The molecule has 144 valence electrons. The Morgan fingerprint density at radius 1 is 0.964 bits per heavy atom. The van der Waals surface area contributed by atoms with Crippen LogP contribution in [0, 0.1) is 0 Å². The predicted octanol–water partition coefficient (Wildman–Crippen LogP) is 4.23. The van der Waals surface area contributed by atoms with Crippen molar-refractivity contribution in [3.63, 3.8) is 0 Å². The molecule has 1 aromatic heterocycles. The first-order valence-electron chi connectivity index (χ1n) is 8.53. The van der Waals surface area contributed by atoms with Crippen molar-refractivity contribution in [3.05, 3.63) is 87.6 Å². The lowest BCUT2D eigenvalue weighted by Gasteiger charge is -2.18. The number of rotatable bonds is 8. The highest BCUT2D eigenvalue weighted by molar-refractivity contribution is 7.10. The molecule has 7 heteroatoms. The average Bonchev–Trinajstić information content (AvgIpc) is 3.25. The summed E-state index contributed by atoms with van der Waals surface area (Å²) in [7, 11) is 0. The monoisotopic (exact) mass is 415 g/mol. The molecular formula is C21H18ClNO4S. The van der Waals surface area contributed by atoms with Crippen molar-refractivity contribution in [2.24, 2.45) is 0 Å². The molecule has 28 heavy (non-hydrogen) atoms. The highest BCUT2D eigenvalue weighted by atomic mass is 35.5. The molecule has 0 spiro atoms. The number of nitrogens with one attached hydrogen (secondary N) is 1. The van der Waals surface area contributed by atoms with Crippen molar-refractivity contribution in [2.75, 3.05) is 13.2 Å². The number of halogens is 1. The molecule has 1 heterocycles. The van der Waals surface area contributed by atoms with Crippen molar-refractivity contribution in [1.29, 1.82) is 0 Å². The minimum Gasteiger partial charge on any atom is -0.482 e. The molecular weight excluding hydrogens is 398 g/mol. The van der Waals surface area contributed by atoms with Crippen LogP contribution in [0.4, 0.5) is 0 Å². The highest BCUT2D eigenvalue weighted by Gasteiger charge is 2.18. The molecule has 0 saturated carbocycles. The molecule has 1 N–H and O–H groups in total. The highest BCUT2D eigenvalue weighted by Crippen LogP contribution is 2.25. The third-order valence-electron chi connectivity index (χ3n) is 3.80. The molecule has 0 radical (unpaired) electrons. The maximum atomic E-state index is 12.3. The van der Waals surface area contributed by atoms with Gasteiger partial charge in [0.05, 0.1) is 6.04 Å². The minimum absolute atomic E-state index is 0.290. The van der Waals surface area contributed by atoms with E-state index < -0.39 is 5.97 Å². The Morgan fingerprint density at radius 2 is 1.71 bits per heavy atom. The average molecular weight is 416 g/mol. The lowest BCUT2D eigenvalue weighted by Crippen LogP contribution is -2.33. The molecule has 0 bridgehead atoms. The van der Waals surface area contributed by atoms with Crippen molar-refractivity contribution in [3.8, 4) is 5.75 Å². The zero-order valence-electron chi connectivity index (χ0n) is 14.8. The van der Waals surface area contributed by atoms with E-state index in [9.17, 15) is 9.59 Å². The summed E-state index contributed by atoms with van der Waals surface area (Å²) in [5.41, 5.74) is 0.954. The lowest BCUT2D eigenvalue weighted by atomic mass is 10.1. The van der Waals surface area contributed by atoms with Gasteiger partial charge in [-0.1, -0.05) is 48.0 Å². The summed E-state index contributed by atoms with van der Waals surface area (Å²) in [5.74, 6) is -0.521. The van der Waals surface area contributed by atoms with E-state index in [0.717, 1.165) is 10.4 Å². The van der Waals surface area contributed by atoms with Gasteiger partial charge < -0.3 is 14.8 Å². The Kier molecular flexibility index (Phi) is 7.06. The van der Waals surface area contributed by atoms with Gasteiger partial charge in [-0.05, 0) is 41.3 Å². The molecule has 0 fully saturated rings. The zero-order valence-corrected chi connectivity index (χ0v) is 16.4. The summed E-state index contributed by atoms with van der Waals surface area (Å²) in [6.07, 6.45) is 0. The molecule has 5 nitrogen and oxygen atoms in total. The molecule has 1 amide bonds. The van der Waals surface area contributed by atoms with Gasteiger partial charge in [-0.25, -0.2) is 4.79 Å². The quantitative estimate of drug-likeness (QED) is 0.559. The summed E-state index contributed by atoms with van der Waals surface area (Å²) < 4.78 is 10.3. The number of carbonyl (C=O) groups excluding carboxylic acids is 2. The third kappa shape index (κ3) is 5.84. The lowest BCUT2D eigenvalue weighted by molar-refractivity contribution is -0.150. The van der Waals surface area contributed by atoms with Crippen LogP contribution in [-0.4, -0.2) is 25.1 Å². The van der Waals surface area contributed by atoms with E-state index in [-0.39, 0.29) is 25.2 Å². The van der Waals surface area contributed by atoms with Crippen molar-refractivity contribution in [1.82, 2.24) is 5.32 Å². The molecule has 0 unspecified atom stereocenters. The van der Waals surface area contributed by atoms with Gasteiger partial charge in [-0.15, -0.1) is 11.3 Å².